The second kappa shape index (κ2) is 6.10. The molecule has 6 heteroatoms. The maximum atomic E-state index is 10.4. The summed E-state index contributed by atoms with van der Waals surface area (Å²) in [7, 11) is 0. The van der Waals surface area contributed by atoms with E-state index in [1.54, 1.807) is 24.3 Å². The lowest BCUT2D eigenvalue weighted by molar-refractivity contribution is 0.404. The topological polar surface area (TPSA) is 112 Å². The minimum atomic E-state index is -0.307. The zero-order valence-electron chi connectivity index (χ0n) is 13.9. The van der Waals surface area contributed by atoms with Crippen LogP contribution in [-0.2, 0) is 0 Å². The average molecular weight is 363 g/mol. The van der Waals surface area contributed by atoms with E-state index in [4.69, 9.17) is 4.42 Å². The van der Waals surface area contributed by atoms with Crippen LogP contribution >= 0.6 is 0 Å². The first-order chi connectivity index (χ1) is 12.9. The van der Waals surface area contributed by atoms with Gasteiger partial charge in [-0.2, -0.15) is 0 Å². The zero-order valence-corrected chi connectivity index (χ0v) is 13.9. The summed E-state index contributed by atoms with van der Waals surface area (Å²) < 4.78 is 5.84. The van der Waals surface area contributed by atoms with Crippen LogP contribution in [-0.4, -0.2) is 25.5 Å². The maximum absolute atomic E-state index is 10.4. The average Bonchev–Trinajstić information content (AvgIpc) is 2.62. The van der Waals surface area contributed by atoms with Crippen molar-refractivity contribution in [3.63, 3.8) is 0 Å². The molecule has 0 unspecified atom stereocenters. The molecule has 0 saturated heterocycles. The fourth-order valence-corrected chi connectivity index (χ4v) is 3.01. The molecule has 134 valence electrons. The molecule has 0 amide bonds. The molecule has 5 N–H and O–H groups in total. The molecule has 4 aromatic rings. The summed E-state index contributed by atoms with van der Waals surface area (Å²) in [5.41, 5.74) is 1.84. The molecule has 1 heterocycles. The third-order valence-electron chi connectivity index (χ3n) is 4.25. The number of phenols is 5. The van der Waals surface area contributed by atoms with Crippen molar-refractivity contribution in [2.24, 2.45) is 0 Å². The molecule has 0 bridgehead atoms. The van der Waals surface area contributed by atoms with Crippen LogP contribution in [0.3, 0.4) is 0 Å². The van der Waals surface area contributed by atoms with Crippen molar-refractivity contribution in [3.8, 4) is 51.2 Å². The Morgan fingerprint density at radius 1 is 0.593 bits per heavy atom. The highest BCUT2D eigenvalue weighted by atomic mass is 16.3. The molecule has 0 saturated carbocycles. The Hall–Kier alpha value is -3.93. The molecule has 3 aromatic carbocycles. The van der Waals surface area contributed by atoms with Crippen LogP contribution in [0.2, 0.25) is 0 Å². The Kier molecular flexibility index (Phi) is 3.74. The number of rotatable bonds is 2. The predicted molar refractivity (Wildman–Crippen MR) is 99.8 cm³/mol. The Balaban J connectivity index is 2.07. The first kappa shape index (κ1) is 16.5. The first-order valence-electron chi connectivity index (χ1n) is 8.07. The van der Waals surface area contributed by atoms with Crippen molar-refractivity contribution >= 4 is 11.0 Å². The van der Waals surface area contributed by atoms with Crippen molar-refractivity contribution in [2.45, 2.75) is 0 Å². The van der Waals surface area contributed by atoms with E-state index in [1.807, 2.05) is 0 Å². The standard InChI is InChI=1S/C21H14O6/c22-13-3-1-2-12(6-13)19-10-15(11-4-5-16(24)17(25)7-11)21-18(26)8-14(23)9-20(21)27-19/h1-10H,(H4-,22,23,24,25,26)/p+1. The highest BCUT2D eigenvalue weighted by Crippen LogP contribution is 2.42. The van der Waals surface area contributed by atoms with Gasteiger partial charge in [0.1, 0.15) is 22.6 Å². The van der Waals surface area contributed by atoms with E-state index in [2.05, 4.69) is 0 Å². The van der Waals surface area contributed by atoms with E-state index in [1.165, 1.54) is 36.4 Å². The van der Waals surface area contributed by atoms with E-state index in [0.29, 0.717) is 27.8 Å². The van der Waals surface area contributed by atoms with Gasteiger partial charge in [-0.1, -0.05) is 12.1 Å². The number of fused-ring (bicyclic) bond motifs is 1. The summed E-state index contributed by atoms with van der Waals surface area (Å²) in [4.78, 5) is 0. The van der Waals surface area contributed by atoms with Gasteiger partial charge >= 0.3 is 11.3 Å². The highest BCUT2D eigenvalue weighted by molar-refractivity contribution is 6.00. The van der Waals surface area contributed by atoms with Crippen molar-refractivity contribution in [1.82, 2.24) is 0 Å². The monoisotopic (exact) mass is 363 g/mol. The Labute approximate surface area is 153 Å². The molecular weight excluding hydrogens is 348 g/mol. The molecule has 1 aromatic heterocycles. The summed E-state index contributed by atoms with van der Waals surface area (Å²) in [6.07, 6.45) is 0. The fourth-order valence-electron chi connectivity index (χ4n) is 3.01. The van der Waals surface area contributed by atoms with E-state index in [0.717, 1.165) is 0 Å². The Bertz CT molecular complexity index is 1180. The van der Waals surface area contributed by atoms with Crippen molar-refractivity contribution in [1.29, 1.82) is 0 Å². The van der Waals surface area contributed by atoms with Crippen LogP contribution in [0.25, 0.3) is 33.4 Å². The minimum Gasteiger partial charge on any atom is -0.508 e. The number of aromatic hydroxyl groups is 5. The maximum Gasteiger partial charge on any atom is 0.368 e. The van der Waals surface area contributed by atoms with E-state index < -0.39 is 0 Å². The molecule has 27 heavy (non-hydrogen) atoms. The second-order valence-corrected chi connectivity index (χ2v) is 6.12. The molecule has 0 atom stereocenters. The van der Waals surface area contributed by atoms with Gasteiger partial charge in [0.05, 0.1) is 17.7 Å². The lowest BCUT2D eigenvalue weighted by Gasteiger charge is -2.07. The Morgan fingerprint density at radius 2 is 1.41 bits per heavy atom. The molecule has 0 radical (unpaired) electrons. The minimum absolute atomic E-state index is 0.0605. The molecule has 0 aliphatic rings. The van der Waals surface area contributed by atoms with E-state index in [-0.39, 0.29) is 34.3 Å². The van der Waals surface area contributed by atoms with Crippen molar-refractivity contribution in [2.75, 3.05) is 0 Å². The van der Waals surface area contributed by atoms with E-state index >= 15 is 0 Å². The number of hydrogen-bond donors (Lipinski definition) is 5. The molecule has 0 aliphatic heterocycles. The molecule has 6 nitrogen and oxygen atoms in total. The number of benzene rings is 3. The smallest absolute Gasteiger partial charge is 0.368 e. The number of hydrogen-bond acceptors (Lipinski definition) is 5. The SMILES string of the molecule is Oc1cccc(-c2cc(-c3ccc(O)c(O)c3)c3c(O)cc(O)cc3[o+]2)c1. The summed E-state index contributed by atoms with van der Waals surface area (Å²) >= 11 is 0. The highest BCUT2D eigenvalue weighted by Gasteiger charge is 2.24. The summed E-state index contributed by atoms with van der Waals surface area (Å²) in [6.45, 7) is 0. The van der Waals surface area contributed by atoms with Crippen LogP contribution in [0.15, 0.2) is 65.1 Å². The van der Waals surface area contributed by atoms with Gasteiger partial charge in [-0.15, -0.1) is 0 Å². The largest absolute Gasteiger partial charge is 0.508 e. The van der Waals surface area contributed by atoms with Gasteiger partial charge < -0.3 is 25.5 Å². The van der Waals surface area contributed by atoms with Gasteiger partial charge in [0, 0.05) is 11.6 Å². The van der Waals surface area contributed by atoms with Crippen molar-refractivity contribution in [3.05, 3.63) is 60.7 Å². The molecule has 0 aliphatic carbocycles. The predicted octanol–water partition coefficient (Wildman–Crippen LogP) is 4.58. The molecule has 0 fully saturated rings. The van der Waals surface area contributed by atoms with Gasteiger partial charge in [-0.05, 0) is 35.9 Å². The van der Waals surface area contributed by atoms with E-state index in [9.17, 15) is 25.5 Å². The van der Waals surface area contributed by atoms with Gasteiger partial charge in [-0.25, -0.2) is 4.42 Å². The molecular formula is C21H15O6+. The van der Waals surface area contributed by atoms with Gasteiger partial charge in [0.15, 0.2) is 11.5 Å². The molecule has 0 spiro atoms. The number of phenolic OH excluding ortho intramolecular Hbond substituents is 5. The normalized spacial score (nSPS) is 11.0. The zero-order chi connectivity index (χ0) is 19.1. The van der Waals surface area contributed by atoms with Gasteiger partial charge in [0.25, 0.3) is 0 Å². The van der Waals surface area contributed by atoms with Crippen LogP contribution in [0.1, 0.15) is 0 Å². The lowest BCUT2D eigenvalue weighted by Crippen LogP contribution is -1.87. The van der Waals surface area contributed by atoms with Crippen LogP contribution < -0.4 is 0 Å². The summed E-state index contributed by atoms with van der Waals surface area (Å²) in [5, 5.41) is 49.7. The summed E-state index contributed by atoms with van der Waals surface area (Å²) in [6, 6.07) is 15.0. The Morgan fingerprint density at radius 3 is 2.15 bits per heavy atom. The third-order valence-corrected chi connectivity index (χ3v) is 4.25. The fraction of sp³-hybridized carbons (Fsp3) is 0. The van der Waals surface area contributed by atoms with Crippen LogP contribution in [0.5, 0.6) is 28.7 Å². The van der Waals surface area contributed by atoms with Crippen LogP contribution in [0.4, 0.5) is 0 Å². The quantitative estimate of drug-likeness (QED) is 0.263. The van der Waals surface area contributed by atoms with Crippen LogP contribution in [0, 0.1) is 0 Å². The van der Waals surface area contributed by atoms with Gasteiger partial charge in [0.2, 0.25) is 0 Å². The first-order valence-corrected chi connectivity index (χ1v) is 8.07. The van der Waals surface area contributed by atoms with Crippen molar-refractivity contribution < 1.29 is 29.9 Å². The second-order valence-electron chi connectivity index (χ2n) is 6.12. The molecule has 4 rings (SSSR count). The van der Waals surface area contributed by atoms with Gasteiger partial charge in [-0.3, -0.25) is 0 Å². The third kappa shape index (κ3) is 2.93. The lowest BCUT2D eigenvalue weighted by atomic mass is 9.98. The summed E-state index contributed by atoms with van der Waals surface area (Å²) in [5.74, 6) is -0.496.